The molecule has 0 amide bonds. The molecule has 2 rings (SSSR count). The van der Waals surface area contributed by atoms with Crippen molar-refractivity contribution in [3.63, 3.8) is 0 Å². The van der Waals surface area contributed by atoms with Crippen LogP contribution in [0.3, 0.4) is 0 Å². The Morgan fingerprint density at radius 1 is 1.42 bits per heavy atom. The average molecular weight is 281 g/mol. The third kappa shape index (κ3) is 3.48. The summed E-state index contributed by atoms with van der Waals surface area (Å²) in [5.74, 6) is 0.959. The van der Waals surface area contributed by atoms with Crippen LogP contribution in [0.15, 0.2) is 5.38 Å². The number of aromatic nitrogens is 1. The predicted octanol–water partition coefficient (Wildman–Crippen LogP) is 3.83. The normalized spacial score (nSPS) is 25.3. The summed E-state index contributed by atoms with van der Waals surface area (Å²) in [7, 11) is 4.20. The fourth-order valence-electron chi connectivity index (χ4n) is 2.88. The summed E-state index contributed by atoms with van der Waals surface area (Å²) in [5.41, 5.74) is 1.16. The van der Waals surface area contributed by atoms with Crippen molar-refractivity contribution >= 4 is 16.5 Å². The van der Waals surface area contributed by atoms with E-state index >= 15 is 0 Å². The Balaban J connectivity index is 1.96. The summed E-state index contributed by atoms with van der Waals surface area (Å²) in [6, 6.07) is 1.03. The predicted molar refractivity (Wildman–Crippen MR) is 84.0 cm³/mol. The van der Waals surface area contributed by atoms with Gasteiger partial charge in [0, 0.05) is 24.5 Å². The van der Waals surface area contributed by atoms with Crippen LogP contribution in [0.1, 0.15) is 57.7 Å². The molecule has 0 spiro atoms. The molecule has 1 N–H and O–H groups in total. The summed E-state index contributed by atoms with van der Waals surface area (Å²) < 4.78 is 0. The minimum Gasteiger partial charge on any atom is -0.348 e. The number of anilines is 1. The Morgan fingerprint density at radius 3 is 2.68 bits per heavy atom. The van der Waals surface area contributed by atoms with Gasteiger partial charge in [0.05, 0.1) is 5.69 Å². The highest BCUT2D eigenvalue weighted by Crippen LogP contribution is 2.32. The Hall–Kier alpha value is -0.610. The Kier molecular flexibility index (Phi) is 5.22. The molecule has 0 bridgehead atoms. The number of nitrogens with zero attached hydrogens (tertiary/aromatic N) is 2. The van der Waals surface area contributed by atoms with Crippen molar-refractivity contribution in [2.24, 2.45) is 5.92 Å². The molecule has 1 unspecified atom stereocenters. The third-order valence-electron chi connectivity index (χ3n) is 4.63. The topological polar surface area (TPSA) is 28.2 Å². The zero-order valence-corrected chi connectivity index (χ0v) is 13.5. The number of nitrogens with one attached hydrogen (secondary N) is 1. The molecule has 3 nitrogen and oxygen atoms in total. The quantitative estimate of drug-likeness (QED) is 0.889. The van der Waals surface area contributed by atoms with Gasteiger partial charge >= 0.3 is 0 Å². The summed E-state index contributed by atoms with van der Waals surface area (Å²) in [4.78, 5) is 7.18. The van der Waals surface area contributed by atoms with E-state index < -0.39 is 0 Å². The maximum Gasteiger partial charge on any atom is 0.185 e. The van der Waals surface area contributed by atoms with E-state index in [1.54, 1.807) is 11.3 Å². The summed E-state index contributed by atoms with van der Waals surface area (Å²) in [6.45, 7) is 4.48. The van der Waals surface area contributed by atoms with E-state index in [-0.39, 0.29) is 0 Å². The van der Waals surface area contributed by atoms with Crippen molar-refractivity contribution in [3.8, 4) is 0 Å². The van der Waals surface area contributed by atoms with Gasteiger partial charge < -0.3 is 10.2 Å². The zero-order valence-electron chi connectivity index (χ0n) is 12.6. The van der Waals surface area contributed by atoms with Crippen molar-refractivity contribution in [1.29, 1.82) is 0 Å². The molecule has 0 saturated heterocycles. The van der Waals surface area contributed by atoms with E-state index in [9.17, 15) is 0 Å². The van der Waals surface area contributed by atoms with Crippen LogP contribution in [-0.2, 0) is 0 Å². The molecular formula is C15H27N3S. The minimum atomic E-state index is 0.342. The van der Waals surface area contributed by atoms with Crippen molar-refractivity contribution in [2.75, 3.05) is 19.0 Å². The van der Waals surface area contributed by atoms with Crippen molar-refractivity contribution in [1.82, 2.24) is 10.3 Å². The molecule has 1 aliphatic carbocycles. The first-order valence-electron chi connectivity index (χ1n) is 7.51. The molecule has 4 heteroatoms. The standard InChI is InChI=1S/C15H27N3S/c1-5-12-6-8-13(9-7-12)18(4)15-17-14(10-19-15)11(2)16-3/h10-13,16H,5-9H2,1-4H3. The first kappa shape index (κ1) is 14.8. The van der Waals surface area contributed by atoms with Gasteiger partial charge in [-0.3, -0.25) is 0 Å². The van der Waals surface area contributed by atoms with Crippen molar-refractivity contribution in [2.45, 2.75) is 58.0 Å². The molecule has 1 heterocycles. The molecule has 0 aliphatic heterocycles. The van der Waals surface area contributed by atoms with E-state index in [1.165, 1.54) is 37.2 Å². The molecule has 19 heavy (non-hydrogen) atoms. The molecule has 1 aromatic rings. The third-order valence-corrected chi connectivity index (χ3v) is 5.58. The second kappa shape index (κ2) is 6.71. The van der Waals surface area contributed by atoms with E-state index in [4.69, 9.17) is 4.98 Å². The molecule has 1 atom stereocenters. The fourth-order valence-corrected chi connectivity index (χ4v) is 3.84. The van der Waals surface area contributed by atoms with Crippen LogP contribution in [0.5, 0.6) is 0 Å². The Labute approximate surface area is 121 Å². The van der Waals surface area contributed by atoms with E-state index in [2.05, 4.69) is 36.5 Å². The van der Waals surface area contributed by atoms with E-state index in [0.717, 1.165) is 11.6 Å². The van der Waals surface area contributed by atoms with Gasteiger partial charge in [-0.15, -0.1) is 11.3 Å². The van der Waals surface area contributed by atoms with Gasteiger partial charge in [0.15, 0.2) is 5.13 Å². The molecule has 1 fully saturated rings. The SMILES string of the molecule is CCC1CCC(N(C)c2nc(C(C)NC)cs2)CC1. The number of hydrogen-bond donors (Lipinski definition) is 1. The van der Waals surface area contributed by atoms with Crippen LogP contribution < -0.4 is 10.2 Å². The summed E-state index contributed by atoms with van der Waals surface area (Å²) >= 11 is 1.78. The second-order valence-corrected chi connectivity index (χ2v) is 6.60. The van der Waals surface area contributed by atoms with E-state index in [0.29, 0.717) is 12.1 Å². The van der Waals surface area contributed by atoms with Crippen molar-refractivity contribution in [3.05, 3.63) is 11.1 Å². The monoisotopic (exact) mass is 281 g/mol. The first-order valence-corrected chi connectivity index (χ1v) is 8.39. The average Bonchev–Trinajstić information content (AvgIpc) is 2.95. The zero-order chi connectivity index (χ0) is 13.8. The molecule has 1 aromatic heterocycles. The van der Waals surface area contributed by atoms with Crippen molar-refractivity contribution < 1.29 is 0 Å². The van der Waals surface area contributed by atoms with Crippen LogP contribution in [0.4, 0.5) is 5.13 Å². The Bertz CT molecular complexity index is 382. The smallest absolute Gasteiger partial charge is 0.185 e. The lowest BCUT2D eigenvalue weighted by Crippen LogP contribution is -2.35. The summed E-state index contributed by atoms with van der Waals surface area (Å²) in [5, 5.41) is 6.62. The number of rotatable bonds is 5. The Morgan fingerprint density at radius 2 is 2.11 bits per heavy atom. The van der Waals surface area contributed by atoms with Gasteiger partial charge in [-0.25, -0.2) is 4.98 Å². The highest BCUT2D eigenvalue weighted by molar-refractivity contribution is 7.13. The van der Waals surface area contributed by atoms with Crippen LogP contribution in [-0.4, -0.2) is 25.1 Å². The molecule has 0 aromatic carbocycles. The first-order chi connectivity index (χ1) is 9.15. The summed E-state index contributed by atoms with van der Waals surface area (Å²) in [6.07, 6.45) is 6.77. The lowest BCUT2D eigenvalue weighted by Gasteiger charge is -2.34. The van der Waals surface area contributed by atoms with Gasteiger partial charge in [0.25, 0.3) is 0 Å². The van der Waals surface area contributed by atoms with Gasteiger partial charge in [0.1, 0.15) is 0 Å². The van der Waals surface area contributed by atoms with Crippen LogP contribution in [0.25, 0.3) is 0 Å². The van der Waals surface area contributed by atoms with Crippen LogP contribution in [0.2, 0.25) is 0 Å². The molecule has 0 radical (unpaired) electrons. The lowest BCUT2D eigenvalue weighted by atomic mass is 9.84. The highest BCUT2D eigenvalue weighted by Gasteiger charge is 2.24. The van der Waals surface area contributed by atoms with Crippen LogP contribution >= 0.6 is 11.3 Å². The van der Waals surface area contributed by atoms with Gasteiger partial charge in [-0.2, -0.15) is 0 Å². The molecule has 108 valence electrons. The molecule has 1 aliphatic rings. The number of hydrogen-bond acceptors (Lipinski definition) is 4. The molecule has 1 saturated carbocycles. The highest BCUT2D eigenvalue weighted by atomic mass is 32.1. The second-order valence-electron chi connectivity index (χ2n) is 5.76. The van der Waals surface area contributed by atoms with Crippen LogP contribution in [0, 0.1) is 5.92 Å². The molecular weight excluding hydrogens is 254 g/mol. The fraction of sp³-hybridized carbons (Fsp3) is 0.800. The minimum absolute atomic E-state index is 0.342. The largest absolute Gasteiger partial charge is 0.348 e. The van der Waals surface area contributed by atoms with E-state index in [1.807, 2.05) is 7.05 Å². The van der Waals surface area contributed by atoms with Gasteiger partial charge in [0.2, 0.25) is 0 Å². The maximum absolute atomic E-state index is 4.78. The number of thiazole rings is 1. The van der Waals surface area contributed by atoms with Gasteiger partial charge in [-0.05, 0) is 45.6 Å². The van der Waals surface area contributed by atoms with Gasteiger partial charge in [-0.1, -0.05) is 13.3 Å². The maximum atomic E-state index is 4.78. The lowest BCUT2D eigenvalue weighted by molar-refractivity contribution is 0.313.